The van der Waals surface area contributed by atoms with Gasteiger partial charge in [-0.15, -0.1) is 12.4 Å². The van der Waals surface area contributed by atoms with Crippen molar-refractivity contribution in [3.05, 3.63) is 30.3 Å². The van der Waals surface area contributed by atoms with E-state index in [1.165, 1.54) is 16.4 Å². The lowest BCUT2D eigenvalue weighted by molar-refractivity contribution is 0.451. The molecule has 24 heavy (non-hydrogen) atoms. The third kappa shape index (κ3) is 5.68. The number of halogens is 1. The normalized spacial score (nSPS) is 19.1. The first kappa shape index (κ1) is 21.3. The molecule has 1 aliphatic heterocycles. The van der Waals surface area contributed by atoms with Crippen LogP contribution in [0.2, 0.25) is 0 Å². The van der Waals surface area contributed by atoms with E-state index in [2.05, 4.69) is 10.0 Å². The largest absolute Gasteiger partial charge is 0.319 e. The minimum absolute atomic E-state index is 0. The second-order valence-corrected chi connectivity index (χ2v) is 9.45. The van der Waals surface area contributed by atoms with Crippen molar-refractivity contribution in [2.45, 2.75) is 11.3 Å². The van der Waals surface area contributed by atoms with E-state index in [4.69, 9.17) is 0 Å². The molecule has 1 heterocycles. The van der Waals surface area contributed by atoms with Crippen molar-refractivity contribution in [1.29, 1.82) is 0 Å². The molecule has 1 saturated heterocycles. The Labute approximate surface area is 150 Å². The molecule has 1 fully saturated rings. The van der Waals surface area contributed by atoms with Gasteiger partial charge in [-0.3, -0.25) is 0 Å². The monoisotopic (exact) mass is 397 g/mol. The number of hydrogen-bond donors (Lipinski definition) is 2. The molecule has 0 amide bonds. The van der Waals surface area contributed by atoms with Crippen molar-refractivity contribution >= 4 is 32.5 Å². The van der Waals surface area contributed by atoms with Crippen LogP contribution in [0.1, 0.15) is 6.42 Å². The van der Waals surface area contributed by atoms with E-state index < -0.39 is 20.0 Å². The predicted molar refractivity (Wildman–Crippen MR) is 96.3 cm³/mol. The van der Waals surface area contributed by atoms with Crippen LogP contribution >= 0.6 is 12.4 Å². The topological polar surface area (TPSA) is 95.6 Å². The van der Waals surface area contributed by atoms with Crippen LogP contribution in [0, 0.1) is 5.92 Å². The standard InChI is InChI=1S/C14H23N3O4S2.ClH/c1-15-11-13-7-9-17(12-13)22(18,19)10-8-16-23(20,21)14-5-3-2-4-6-14;/h2-6,13,15-16H,7-12H2,1H3;1H. The minimum Gasteiger partial charge on any atom is -0.319 e. The van der Waals surface area contributed by atoms with Gasteiger partial charge in [0, 0.05) is 19.6 Å². The lowest BCUT2D eigenvalue weighted by Crippen LogP contribution is -2.37. The molecule has 0 aliphatic carbocycles. The quantitative estimate of drug-likeness (QED) is 0.656. The summed E-state index contributed by atoms with van der Waals surface area (Å²) in [5.74, 6) is 0.0847. The van der Waals surface area contributed by atoms with E-state index in [0.717, 1.165) is 13.0 Å². The van der Waals surface area contributed by atoms with Gasteiger partial charge < -0.3 is 5.32 Å². The van der Waals surface area contributed by atoms with Crippen LogP contribution in [0.25, 0.3) is 0 Å². The molecule has 1 aromatic rings. The van der Waals surface area contributed by atoms with Crippen LogP contribution in [-0.4, -0.2) is 60.1 Å². The van der Waals surface area contributed by atoms with Crippen LogP contribution in [-0.2, 0) is 20.0 Å². The van der Waals surface area contributed by atoms with E-state index in [-0.39, 0.29) is 29.6 Å². The maximum atomic E-state index is 12.3. The number of nitrogens with zero attached hydrogens (tertiary/aromatic N) is 1. The number of rotatable bonds is 8. The first-order chi connectivity index (χ1) is 10.8. The van der Waals surface area contributed by atoms with Crippen LogP contribution in [0.15, 0.2) is 35.2 Å². The second kappa shape index (κ2) is 9.12. The summed E-state index contributed by atoms with van der Waals surface area (Å²) in [7, 11) is -5.26. The molecule has 2 N–H and O–H groups in total. The maximum Gasteiger partial charge on any atom is 0.240 e. The molecule has 1 aliphatic rings. The summed E-state index contributed by atoms with van der Waals surface area (Å²) < 4.78 is 52.4. The van der Waals surface area contributed by atoms with Gasteiger partial charge in [-0.25, -0.2) is 25.9 Å². The van der Waals surface area contributed by atoms with Crippen LogP contribution in [0.3, 0.4) is 0 Å². The molecule has 0 spiro atoms. The molecule has 1 atom stereocenters. The van der Waals surface area contributed by atoms with Gasteiger partial charge in [0.25, 0.3) is 0 Å². The average molecular weight is 398 g/mol. The summed E-state index contributed by atoms with van der Waals surface area (Å²) >= 11 is 0. The molecule has 0 bridgehead atoms. The third-order valence-corrected chi connectivity index (χ3v) is 7.16. The Morgan fingerprint density at radius 2 is 1.83 bits per heavy atom. The van der Waals surface area contributed by atoms with E-state index in [9.17, 15) is 16.8 Å². The molecule has 2 rings (SSSR count). The Hall–Kier alpha value is -0.710. The first-order valence-corrected chi connectivity index (χ1v) is 10.6. The molecule has 0 radical (unpaired) electrons. The highest BCUT2D eigenvalue weighted by Crippen LogP contribution is 2.19. The third-order valence-electron chi connectivity index (χ3n) is 3.84. The summed E-state index contributed by atoms with van der Waals surface area (Å²) in [5, 5.41) is 3.05. The maximum absolute atomic E-state index is 12.3. The molecule has 138 valence electrons. The van der Waals surface area contributed by atoms with Gasteiger partial charge in [0.2, 0.25) is 20.0 Å². The lowest BCUT2D eigenvalue weighted by Gasteiger charge is -2.16. The van der Waals surface area contributed by atoms with E-state index in [1.54, 1.807) is 18.2 Å². The highest BCUT2D eigenvalue weighted by atomic mass is 35.5. The van der Waals surface area contributed by atoms with Crippen molar-refractivity contribution in [3.63, 3.8) is 0 Å². The summed E-state index contributed by atoms with van der Waals surface area (Å²) in [6.45, 7) is 1.65. The van der Waals surface area contributed by atoms with E-state index >= 15 is 0 Å². The van der Waals surface area contributed by atoms with Gasteiger partial charge in [0.15, 0.2) is 0 Å². The molecule has 7 nitrogen and oxygen atoms in total. The molecule has 0 aromatic heterocycles. The predicted octanol–water partition coefficient (Wildman–Crippen LogP) is 0.258. The van der Waals surface area contributed by atoms with Gasteiger partial charge in [0.05, 0.1) is 10.6 Å². The molecular formula is C14H24ClN3O4S2. The fourth-order valence-corrected chi connectivity index (χ4v) is 5.24. The number of benzene rings is 1. The van der Waals surface area contributed by atoms with Crippen molar-refractivity contribution in [2.75, 3.05) is 39.0 Å². The van der Waals surface area contributed by atoms with E-state index in [0.29, 0.717) is 19.0 Å². The molecule has 1 unspecified atom stereocenters. The van der Waals surface area contributed by atoms with Crippen LogP contribution in [0.4, 0.5) is 0 Å². The Balaban J connectivity index is 0.00000288. The molecular weight excluding hydrogens is 374 g/mol. The Morgan fingerprint density at radius 1 is 1.17 bits per heavy atom. The summed E-state index contributed by atoms with van der Waals surface area (Å²) in [5.41, 5.74) is 0. The summed E-state index contributed by atoms with van der Waals surface area (Å²) in [6, 6.07) is 7.91. The van der Waals surface area contributed by atoms with E-state index in [1.807, 2.05) is 7.05 Å². The van der Waals surface area contributed by atoms with Crippen molar-refractivity contribution in [1.82, 2.24) is 14.3 Å². The smallest absolute Gasteiger partial charge is 0.240 e. The van der Waals surface area contributed by atoms with Gasteiger partial charge >= 0.3 is 0 Å². The van der Waals surface area contributed by atoms with Gasteiger partial charge in [-0.1, -0.05) is 18.2 Å². The van der Waals surface area contributed by atoms with Crippen molar-refractivity contribution in [3.8, 4) is 0 Å². The Bertz CT molecular complexity index is 711. The molecule has 10 heteroatoms. The highest BCUT2D eigenvalue weighted by Gasteiger charge is 2.30. The van der Waals surface area contributed by atoms with Gasteiger partial charge in [-0.2, -0.15) is 0 Å². The second-order valence-electron chi connectivity index (χ2n) is 5.60. The zero-order chi connectivity index (χ0) is 16.9. The van der Waals surface area contributed by atoms with Gasteiger partial charge in [-0.05, 0) is 38.1 Å². The van der Waals surface area contributed by atoms with Crippen molar-refractivity contribution in [2.24, 2.45) is 5.92 Å². The zero-order valence-corrected chi connectivity index (χ0v) is 16.0. The highest BCUT2D eigenvalue weighted by molar-refractivity contribution is 7.90. The average Bonchev–Trinajstić information content (AvgIpc) is 2.98. The SMILES string of the molecule is CNCC1CCN(S(=O)(=O)CCNS(=O)(=O)c2ccccc2)C1.Cl. The molecule has 1 aromatic carbocycles. The Kier molecular flexibility index (Phi) is 8.10. The lowest BCUT2D eigenvalue weighted by atomic mass is 10.1. The first-order valence-electron chi connectivity index (χ1n) is 7.52. The number of nitrogens with one attached hydrogen (secondary N) is 2. The number of hydrogen-bond acceptors (Lipinski definition) is 5. The van der Waals surface area contributed by atoms with Crippen LogP contribution < -0.4 is 10.0 Å². The van der Waals surface area contributed by atoms with Crippen molar-refractivity contribution < 1.29 is 16.8 Å². The zero-order valence-electron chi connectivity index (χ0n) is 13.5. The van der Waals surface area contributed by atoms with Gasteiger partial charge in [0.1, 0.15) is 0 Å². The summed E-state index contributed by atoms with van der Waals surface area (Å²) in [4.78, 5) is 0.132. The minimum atomic E-state index is -3.67. The number of sulfonamides is 2. The fraction of sp³-hybridized carbons (Fsp3) is 0.571. The summed E-state index contributed by atoms with van der Waals surface area (Å²) in [6.07, 6.45) is 0.829. The molecule has 0 saturated carbocycles. The van der Waals surface area contributed by atoms with Crippen LogP contribution in [0.5, 0.6) is 0 Å². The fourth-order valence-electron chi connectivity index (χ4n) is 2.62. The Morgan fingerprint density at radius 3 is 2.46 bits per heavy atom.